The summed E-state index contributed by atoms with van der Waals surface area (Å²) in [5.41, 5.74) is 0.951. The van der Waals surface area contributed by atoms with E-state index in [4.69, 9.17) is 10.2 Å². The van der Waals surface area contributed by atoms with Gasteiger partial charge in [-0.15, -0.1) is 0 Å². The maximum absolute atomic E-state index is 10.9. The molecular weight excluding hydrogens is 260 g/mol. The molecule has 0 saturated carbocycles. The molecule has 2 heterocycles. The fourth-order valence-electron chi connectivity index (χ4n) is 1.77. The van der Waals surface area contributed by atoms with Gasteiger partial charge in [-0.2, -0.15) is 0 Å². The Bertz CT molecular complexity index is 612. The third-order valence-corrected chi connectivity index (χ3v) is 2.87. The molecule has 0 radical (unpaired) electrons. The minimum Gasteiger partial charge on any atom is -0.477 e. The highest BCUT2D eigenvalue weighted by atomic mass is 16.4. The highest BCUT2D eigenvalue weighted by molar-refractivity contribution is 5.85. The van der Waals surface area contributed by atoms with Crippen LogP contribution in [0, 0.1) is 0 Å². The number of carboxylic acid groups (broad SMARTS) is 2. The van der Waals surface area contributed by atoms with Gasteiger partial charge >= 0.3 is 11.9 Å². The second kappa shape index (κ2) is 5.48. The number of aromatic nitrogens is 2. The van der Waals surface area contributed by atoms with Crippen LogP contribution in [0.1, 0.15) is 45.2 Å². The molecule has 2 aromatic rings. The number of aromatic carboxylic acids is 2. The molecule has 0 atom stereocenters. The molecule has 20 heavy (non-hydrogen) atoms. The zero-order chi connectivity index (χ0) is 14.7. The van der Waals surface area contributed by atoms with E-state index in [1.165, 1.54) is 12.1 Å². The second-order valence-corrected chi connectivity index (χ2v) is 4.23. The normalized spacial score (nSPS) is 10.5. The lowest BCUT2D eigenvalue weighted by Gasteiger charge is -2.11. The summed E-state index contributed by atoms with van der Waals surface area (Å²) in [6.45, 7) is 1.79. The van der Waals surface area contributed by atoms with E-state index >= 15 is 0 Å². The van der Waals surface area contributed by atoms with Crippen molar-refractivity contribution in [2.24, 2.45) is 0 Å². The van der Waals surface area contributed by atoms with Gasteiger partial charge in [-0.3, -0.25) is 0 Å². The smallest absolute Gasteiger partial charge is 0.354 e. The molecule has 0 fully saturated rings. The molecule has 0 aromatic carbocycles. The molecule has 0 aliphatic carbocycles. The van der Waals surface area contributed by atoms with Crippen LogP contribution in [-0.4, -0.2) is 32.1 Å². The Morgan fingerprint density at radius 3 is 1.65 bits per heavy atom. The van der Waals surface area contributed by atoms with E-state index in [1.54, 1.807) is 31.2 Å². The van der Waals surface area contributed by atoms with Crippen molar-refractivity contribution in [1.29, 1.82) is 0 Å². The van der Waals surface area contributed by atoms with Crippen LogP contribution in [0.4, 0.5) is 0 Å². The van der Waals surface area contributed by atoms with E-state index in [1.807, 2.05) is 0 Å². The molecule has 102 valence electrons. The zero-order valence-electron chi connectivity index (χ0n) is 10.6. The topological polar surface area (TPSA) is 100 Å². The van der Waals surface area contributed by atoms with Crippen molar-refractivity contribution in [3.05, 3.63) is 59.2 Å². The van der Waals surface area contributed by atoms with Crippen molar-refractivity contribution in [3.63, 3.8) is 0 Å². The highest BCUT2D eigenvalue weighted by Gasteiger charge is 2.15. The first-order valence-corrected chi connectivity index (χ1v) is 5.89. The van der Waals surface area contributed by atoms with Crippen molar-refractivity contribution in [1.82, 2.24) is 9.97 Å². The number of hydrogen-bond acceptors (Lipinski definition) is 4. The first-order chi connectivity index (χ1) is 9.49. The van der Waals surface area contributed by atoms with Crippen molar-refractivity contribution in [2.45, 2.75) is 12.8 Å². The largest absolute Gasteiger partial charge is 0.477 e. The highest BCUT2D eigenvalue weighted by Crippen LogP contribution is 2.21. The van der Waals surface area contributed by atoms with E-state index in [9.17, 15) is 9.59 Å². The van der Waals surface area contributed by atoms with Crippen LogP contribution < -0.4 is 0 Å². The van der Waals surface area contributed by atoms with Gasteiger partial charge in [0, 0.05) is 5.92 Å². The summed E-state index contributed by atoms with van der Waals surface area (Å²) in [6, 6.07) is 9.38. The number of carbonyl (C=O) groups is 2. The Balaban J connectivity index is 2.38. The summed E-state index contributed by atoms with van der Waals surface area (Å²) >= 11 is 0. The molecule has 0 bridgehead atoms. The van der Waals surface area contributed by atoms with Gasteiger partial charge in [0.1, 0.15) is 11.4 Å². The van der Waals surface area contributed by atoms with Gasteiger partial charge in [0.25, 0.3) is 0 Å². The number of nitrogens with zero attached hydrogens (tertiary/aromatic N) is 2. The van der Waals surface area contributed by atoms with Gasteiger partial charge in [-0.1, -0.05) is 19.1 Å². The summed E-state index contributed by atoms with van der Waals surface area (Å²) < 4.78 is 0. The Labute approximate surface area is 114 Å². The minimum absolute atomic E-state index is 0.0521. The van der Waals surface area contributed by atoms with Crippen molar-refractivity contribution in [3.8, 4) is 0 Å². The van der Waals surface area contributed by atoms with E-state index in [0.717, 1.165) is 0 Å². The van der Waals surface area contributed by atoms with E-state index in [0.29, 0.717) is 11.4 Å². The Hall–Kier alpha value is -2.76. The second-order valence-electron chi connectivity index (χ2n) is 4.23. The average molecular weight is 272 g/mol. The van der Waals surface area contributed by atoms with Gasteiger partial charge in [0.15, 0.2) is 0 Å². The Morgan fingerprint density at radius 2 is 1.30 bits per heavy atom. The molecular formula is C14H12N2O4. The Kier molecular flexibility index (Phi) is 3.74. The molecule has 2 rings (SSSR count). The van der Waals surface area contributed by atoms with Crippen molar-refractivity contribution < 1.29 is 19.8 Å². The molecule has 2 aromatic heterocycles. The quantitative estimate of drug-likeness (QED) is 0.883. The third kappa shape index (κ3) is 2.80. The average Bonchev–Trinajstić information content (AvgIpc) is 2.46. The van der Waals surface area contributed by atoms with Gasteiger partial charge in [-0.25, -0.2) is 19.6 Å². The molecule has 0 unspecified atom stereocenters. The van der Waals surface area contributed by atoms with Crippen LogP contribution in [0.15, 0.2) is 36.4 Å². The van der Waals surface area contributed by atoms with E-state index in [2.05, 4.69) is 9.97 Å². The number of carboxylic acids is 2. The predicted octanol–water partition coefficient (Wildman–Crippen LogP) is 2.02. The van der Waals surface area contributed by atoms with Gasteiger partial charge in [-0.05, 0) is 24.3 Å². The molecule has 2 N–H and O–H groups in total. The van der Waals surface area contributed by atoms with Crippen molar-refractivity contribution >= 4 is 11.9 Å². The summed E-state index contributed by atoms with van der Waals surface area (Å²) in [5, 5.41) is 17.8. The first-order valence-electron chi connectivity index (χ1n) is 5.89. The lowest BCUT2D eigenvalue weighted by molar-refractivity contribution is 0.0680. The molecule has 0 aliphatic heterocycles. The first kappa shape index (κ1) is 13.7. The zero-order valence-corrected chi connectivity index (χ0v) is 10.6. The van der Waals surface area contributed by atoms with Gasteiger partial charge < -0.3 is 10.2 Å². The molecule has 0 aliphatic rings. The lowest BCUT2D eigenvalue weighted by atomic mass is 10.0. The molecule has 0 amide bonds. The van der Waals surface area contributed by atoms with Crippen LogP contribution >= 0.6 is 0 Å². The SMILES string of the molecule is CC(c1cccc(C(=O)O)n1)c1cccc(C(=O)O)n1. The fraction of sp³-hybridized carbons (Fsp3) is 0.143. The van der Waals surface area contributed by atoms with Crippen LogP contribution in [0.2, 0.25) is 0 Å². The van der Waals surface area contributed by atoms with Gasteiger partial charge in [0.2, 0.25) is 0 Å². The summed E-state index contributed by atoms with van der Waals surface area (Å²) in [4.78, 5) is 29.9. The minimum atomic E-state index is -1.11. The standard InChI is InChI=1S/C14H12N2O4/c1-8(9-4-2-6-11(15-9)13(17)18)10-5-3-7-12(16-10)14(19)20/h2-8H,1H3,(H,17,18)(H,19,20). The summed E-state index contributed by atoms with van der Waals surface area (Å²) in [6.07, 6.45) is 0. The monoisotopic (exact) mass is 272 g/mol. The fourth-order valence-corrected chi connectivity index (χ4v) is 1.77. The molecule has 6 heteroatoms. The van der Waals surface area contributed by atoms with E-state index in [-0.39, 0.29) is 17.3 Å². The van der Waals surface area contributed by atoms with Gasteiger partial charge in [0.05, 0.1) is 11.4 Å². The van der Waals surface area contributed by atoms with Crippen molar-refractivity contribution in [2.75, 3.05) is 0 Å². The molecule has 0 saturated heterocycles. The van der Waals surface area contributed by atoms with Crippen LogP contribution in [0.25, 0.3) is 0 Å². The molecule has 6 nitrogen and oxygen atoms in total. The Morgan fingerprint density at radius 1 is 0.900 bits per heavy atom. The third-order valence-electron chi connectivity index (χ3n) is 2.87. The maximum Gasteiger partial charge on any atom is 0.354 e. The lowest BCUT2D eigenvalue weighted by Crippen LogP contribution is -2.09. The van der Waals surface area contributed by atoms with Crippen LogP contribution in [-0.2, 0) is 0 Å². The summed E-state index contributed by atoms with van der Waals surface area (Å²) in [5.74, 6) is -2.51. The van der Waals surface area contributed by atoms with Crippen LogP contribution in [0.5, 0.6) is 0 Å². The number of hydrogen-bond donors (Lipinski definition) is 2. The van der Waals surface area contributed by atoms with Crippen LogP contribution in [0.3, 0.4) is 0 Å². The maximum atomic E-state index is 10.9. The number of rotatable bonds is 4. The van der Waals surface area contributed by atoms with E-state index < -0.39 is 11.9 Å². The summed E-state index contributed by atoms with van der Waals surface area (Å²) in [7, 11) is 0. The number of pyridine rings is 2. The predicted molar refractivity (Wildman–Crippen MR) is 69.9 cm³/mol. The molecule has 0 spiro atoms.